The van der Waals surface area contributed by atoms with Gasteiger partial charge in [-0.05, 0) is 44.5 Å². The molecule has 1 amide bonds. The number of benzene rings is 1. The Morgan fingerprint density at radius 1 is 1.24 bits per heavy atom. The van der Waals surface area contributed by atoms with Gasteiger partial charge >= 0.3 is 0 Å². The van der Waals surface area contributed by atoms with Crippen LogP contribution >= 0.6 is 11.6 Å². The summed E-state index contributed by atoms with van der Waals surface area (Å²) in [5.74, 6) is 0.977. The van der Waals surface area contributed by atoms with Crippen molar-refractivity contribution in [2.75, 3.05) is 25.6 Å². The number of ether oxygens (including phenoxy) is 1. The Bertz CT molecular complexity index is 1040. The first-order chi connectivity index (χ1) is 16.6. The Balaban J connectivity index is 0.000000970. The number of amides is 1. The van der Waals surface area contributed by atoms with Crippen molar-refractivity contribution in [2.24, 2.45) is 5.73 Å². The zero-order valence-corrected chi connectivity index (χ0v) is 21.0. The quantitative estimate of drug-likeness (QED) is 0.484. The summed E-state index contributed by atoms with van der Waals surface area (Å²) in [5.41, 5.74) is 6.62. The molecule has 0 bridgehead atoms. The van der Waals surface area contributed by atoms with Gasteiger partial charge < -0.3 is 21.1 Å². The van der Waals surface area contributed by atoms with Crippen LogP contribution in [0.1, 0.15) is 48.3 Å². The minimum Gasteiger partial charge on any atom is -0.381 e. The Morgan fingerprint density at radius 3 is 2.68 bits per heavy atom. The van der Waals surface area contributed by atoms with Crippen molar-refractivity contribution < 1.29 is 9.53 Å². The van der Waals surface area contributed by atoms with Gasteiger partial charge in [-0.1, -0.05) is 37.6 Å². The van der Waals surface area contributed by atoms with E-state index < -0.39 is 0 Å². The van der Waals surface area contributed by atoms with Crippen LogP contribution in [0.15, 0.2) is 43.0 Å². The second-order valence-electron chi connectivity index (χ2n) is 7.21. The van der Waals surface area contributed by atoms with E-state index in [1.54, 1.807) is 29.4 Å². The van der Waals surface area contributed by atoms with E-state index in [1.165, 1.54) is 7.05 Å². The first-order valence-corrected chi connectivity index (χ1v) is 11.8. The maximum absolute atomic E-state index is 12.5. The van der Waals surface area contributed by atoms with Crippen LogP contribution in [0.4, 0.5) is 5.95 Å². The molecule has 0 spiro atoms. The Hall–Kier alpha value is -3.01. The van der Waals surface area contributed by atoms with Gasteiger partial charge in [0.05, 0.1) is 0 Å². The van der Waals surface area contributed by atoms with E-state index in [4.69, 9.17) is 16.3 Å². The molecule has 4 rings (SSSR count). The molecule has 4 N–H and O–H groups in total. The molecule has 2 aromatic heterocycles. The third-order valence-electron chi connectivity index (χ3n) is 4.90. The standard InChI is InChI=1S/C21H23ClN6O2.C2H6.CH5N/c1-14-10-24-21(26-17-5-7-30-8-6-17)27-19(14)28-12-18(25-13-28)20(29)23-11-15-3-2-4-16(22)9-15;2*1-2/h2-4,9-10,12-13,17H,5-8,11H2,1H3,(H,23,29)(H,24,26,27);1-2H3;2H2,1H3. The summed E-state index contributed by atoms with van der Waals surface area (Å²) in [5, 5.41) is 6.86. The number of carbonyl (C=O) groups is 1. The molecule has 1 aromatic carbocycles. The second kappa shape index (κ2) is 14.3. The summed E-state index contributed by atoms with van der Waals surface area (Å²) in [4.78, 5) is 25.7. The Morgan fingerprint density at radius 2 is 1.97 bits per heavy atom. The third-order valence-corrected chi connectivity index (χ3v) is 5.14. The highest BCUT2D eigenvalue weighted by molar-refractivity contribution is 6.30. The van der Waals surface area contributed by atoms with E-state index in [0.29, 0.717) is 35.1 Å². The number of nitrogens with two attached hydrogens (primary N) is 1. The van der Waals surface area contributed by atoms with Gasteiger partial charge in [0, 0.05) is 48.8 Å². The Kier molecular flexibility index (Phi) is 11.5. The lowest BCUT2D eigenvalue weighted by atomic mass is 10.1. The van der Waals surface area contributed by atoms with Crippen molar-refractivity contribution in [3.05, 3.63) is 64.8 Å². The van der Waals surface area contributed by atoms with Gasteiger partial charge in [-0.3, -0.25) is 9.36 Å². The number of rotatable bonds is 6. The summed E-state index contributed by atoms with van der Waals surface area (Å²) in [7, 11) is 1.50. The molecule has 184 valence electrons. The van der Waals surface area contributed by atoms with E-state index >= 15 is 0 Å². The fourth-order valence-electron chi connectivity index (χ4n) is 3.26. The number of nitrogens with zero attached hydrogens (tertiary/aromatic N) is 4. The number of anilines is 1. The smallest absolute Gasteiger partial charge is 0.271 e. The molecule has 1 fully saturated rings. The van der Waals surface area contributed by atoms with E-state index in [0.717, 1.165) is 37.2 Å². The first kappa shape index (κ1) is 27.2. The van der Waals surface area contributed by atoms with E-state index in [2.05, 4.69) is 31.3 Å². The molecular formula is C24H34ClN7O2. The highest BCUT2D eigenvalue weighted by Crippen LogP contribution is 2.16. The van der Waals surface area contributed by atoms with Gasteiger partial charge in [0.25, 0.3) is 5.91 Å². The molecule has 3 heterocycles. The first-order valence-electron chi connectivity index (χ1n) is 11.4. The number of nitrogens with one attached hydrogen (secondary N) is 2. The highest BCUT2D eigenvalue weighted by atomic mass is 35.5. The number of imidazole rings is 1. The molecule has 34 heavy (non-hydrogen) atoms. The zero-order valence-electron chi connectivity index (χ0n) is 20.2. The van der Waals surface area contributed by atoms with Crippen molar-refractivity contribution in [3.63, 3.8) is 0 Å². The number of carbonyl (C=O) groups excluding carboxylic acids is 1. The van der Waals surface area contributed by atoms with Crippen LogP contribution in [0.2, 0.25) is 5.02 Å². The number of halogens is 1. The fraction of sp³-hybridized carbons (Fsp3) is 0.417. The average molecular weight is 488 g/mol. The molecule has 0 atom stereocenters. The van der Waals surface area contributed by atoms with Crippen LogP contribution in [0.5, 0.6) is 0 Å². The van der Waals surface area contributed by atoms with Crippen molar-refractivity contribution in [2.45, 2.75) is 46.2 Å². The predicted octanol–water partition coefficient (Wildman–Crippen LogP) is 3.75. The largest absolute Gasteiger partial charge is 0.381 e. The summed E-state index contributed by atoms with van der Waals surface area (Å²) < 4.78 is 7.13. The topological polar surface area (TPSA) is 120 Å². The summed E-state index contributed by atoms with van der Waals surface area (Å²) in [6, 6.07) is 7.66. The SMILES string of the molecule is CC.CN.Cc1cnc(NC2CCOCC2)nc1-n1cnc(C(=O)NCc2cccc(Cl)c2)c1. The van der Waals surface area contributed by atoms with E-state index in [1.807, 2.05) is 39.0 Å². The number of hydrogen-bond donors (Lipinski definition) is 3. The zero-order chi connectivity index (χ0) is 24.9. The summed E-state index contributed by atoms with van der Waals surface area (Å²) in [6.45, 7) is 7.78. The van der Waals surface area contributed by atoms with Gasteiger partial charge in [0.1, 0.15) is 17.8 Å². The van der Waals surface area contributed by atoms with Gasteiger partial charge in [-0.15, -0.1) is 0 Å². The van der Waals surface area contributed by atoms with Crippen molar-refractivity contribution in [3.8, 4) is 5.82 Å². The van der Waals surface area contributed by atoms with Crippen LogP contribution in [0.3, 0.4) is 0 Å². The predicted molar refractivity (Wildman–Crippen MR) is 135 cm³/mol. The minimum absolute atomic E-state index is 0.263. The molecule has 10 heteroatoms. The van der Waals surface area contributed by atoms with Crippen LogP contribution in [0.25, 0.3) is 5.82 Å². The minimum atomic E-state index is -0.263. The van der Waals surface area contributed by atoms with Gasteiger partial charge in [-0.25, -0.2) is 9.97 Å². The number of aromatic nitrogens is 4. The molecule has 1 aliphatic heterocycles. The third kappa shape index (κ3) is 7.79. The lowest BCUT2D eigenvalue weighted by Gasteiger charge is -2.23. The summed E-state index contributed by atoms with van der Waals surface area (Å²) >= 11 is 5.99. The van der Waals surface area contributed by atoms with Gasteiger partial charge in [0.2, 0.25) is 5.95 Å². The van der Waals surface area contributed by atoms with Crippen LogP contribution in [-0.2, 0) is 11.3 Å². The molecular weight excluding hydrogens is 454 g/mol. The van der Waals surface area contributed by atoms with Crippen molar-refractivity contribution in [1.82, 2.24) is 24.8 Å². The molecule has 0 aliphatic carbocycles. The number of hydrogen-bond acceptors (Lipinski definition) is 7. The Labute approximate surface area is 206 Å². The van der Waals surface area contributed by atoms with Crippen LogP contribution in [-0.4, -0.2) is 51.7 Å². The molecule has 0 saturated carbocycles. The molecule has 1 aliphatic rings. The summed E-state index contributed by atoms with van der Waals surface area (Å²) in [6.07, 6.45) is 6.87. The molecule has 0 unspecified atom stereocenters. The van der Waals surface area contributed by atoms with Gasteiger partial charge in [0.15, 0.2) is 0 Å². The van der Waals surface area contributed by atoms with Crippen molar-refractivity contribution in [1.29, 1.82) is 0 Å². The molecule has 0 radical (unpaired) electrons. The van der Waals surface area contributed by atoms with Crippen LogP contribution < -0.4 is 16.4 Å². The molecule has 3 aromatic rings. The normalized spacial score (nSPS) is 13.1. The second-order valence-corrected chi connectivity index (χ2v) is 7.65. The van der Waals surface area contributed by atoms with E-state index in [-0.39, 0.29) is 5.91 Å². The lowest BCUT2D eigenvalue weighted by molar-refractivity contribution is 0.0903. The van der Waals surface area contributed by atoms with Gasteiger partial charge in [-0.2, -0.15) is 4.98 Å². The highest BCUT2D eigenvalue weighted by Gasteiger charge is 2.16. The number of aryl methyl sites for hydroxylation is 1. The maximum atomic E-state index is 12.5. The average Bonchev–Trinajstić information content (AvgIpc) is 3.37. The lowest BCUT2D eigenvalue weighted by Crippen LogP contribution is -2.28. The monoisotopic (exact) mass is 487 g/mol. The molecule has 1 saturated heterocycles. The molecule has 9 nitrogen and oxygen atoms in total. The van der Waals surface area contributed by atoms with Crippen molar-refractivity contribution >= 4 is 23.5 Å². The van der Waals surface area contributed by atoms with Crippen LogP contribution in [0, 0.1) is 6.92 Å². The fourth-order valence-corrected chi connectivity index (χ4v) is 3.48. The van der Waals surface area contributed by atoms with E-state index in [9.17, 15) is 4.79 Å². The maximum Gasteiger partial charge on any atom is 0.271 e.